The number of para-hydroxylation sites is 1. The largest absolute Gasteiger partial charge is 0.461 e. The Morgan fingerprint density at radius 2 is 1.86 bits per heavy atom. The van der Waals surface area contributed by atoms with Crippen LogP contribution in [0.1, 0.15) is 21.1 Å². The lowest BCUT2D eigenvalue weighted by atomic mass is 10.1. The molecular formula is C29H25ClN6O4S2. The third kappa shape index (κ3) is 5.50. The lowest BCUT2D eigenvalue weighted by molar-refractivity contribution is 0.0623. The Labute approximate surface area is 254 Å². The maximum absolute atomic E-state index is 13.3. The van der Waals surface area contributed by atoms with Gasteiger partial charge in [0, 0.05) is 38.1 Å². The number of nitrogens with zero attached hydrogens (tertiary/aromatic N) is 6. The molecule has 0 saturated carbocycles. The molecule has 2 aromatic carbocycles. The molecule has 3 aromatic heterocycles. The minimum Gasteiger partial charge on any atom is -0.461 e. The Morgan fingerprint density at radius 3 is 2.69 bits per heavy atom. The number of halogens is 1. The normalized spacial score (nSPS) is 14.9. The van der Waals surface area contributed by atoms with Crippen LogP contribution in [0.5, 0.6) is 11.5 Å². The Bertz CT molecular complexity index is 1710. The van der Waals surface area contributed by atoms with Gasteiger partial charge in [-0.15, -0.1) is 21.5 Å². The standard InChI is InChI=1S/C29H25ClN6O4S2/c30-20-4-1-2-5-22(20)36-27(24-6-3-13-38-24)32-33-29(36)42-17-26-31-21(16-41-26)28(37)35-11-9-34(10-12-35)15-19-7-8-23-25(14-19)40-18-39-23/h1-8,13-14,16H,9-12,15,17-18H2. The molecule has 2 aliphatic rings. The number of aromatic nitrogens is 4. The van der Waals surface area contributed by atoms with Gasteiger partial charge in [0.25, 0.3) is 5.91 Å². The van der Waals surface area contributed by atoms with Crippen LogP contribution in [0, 0.1) is 0 Å². The molecule has 5 heterocycles. The fraction of sp³-hybridized carbons (Fsp3) is 0.241. The van der Waals surface area contributed by atoms with Gasteiger partial charge in [-0.2, -0.15) is 0 Å². The summed E-state index contributed by atoms with van der Waals surface area (Å²) in [5.74, 6) is 3.22. The number of fused-ring (bicyclic) bond motifs is 1. The summed E-state index contributed by atoms with van der Waals surface area (Å²) in [5, 5.41) is 12.7. The maximum atomic E-state index is 13.3. The van der Waals surface area contributed by atoms with Crippen molar-refractivity contribution in [3.8, 4) is 28.8 Å². The van der Waals surface area contributed by atoms with Gasteiger partial charge in [0.15, 0.2) is 22.4 Å². The summed E-state index contributed by atoms with van der Waals surface area (Å²) in [6.07, 6.45) is 1.60. The Hall–Kier alpha value is -3.84. The van der Waals surface area contributed by atoms with Crippen LogP contribution < -0.4 is 9.47 Å². The number of carbonyl (C=O) groups excluding carboxylic acids is 1. The zero-order valence-electron chi connectivity index (χ0n) is 22.3. The quantitative estimate of drug-likeness (QED) is 0.205. The fourth-order valence-electron chi connectivity index (χ4n) is 4.95. The molecule has 0 unspecified atom stereocenters. The van der Waals surface area contributed by atoms with E-state index in [1.54, 1.807) is 12.3 Å². The van der Waals surface area contributed by atoms with Crippen molar-refractivity contribution >= 4 is 40.6 Å². The first kappa shape index (κ1) is 27.0. The van der Waals surface area contributed by atoms with Crippen LogP contribution in [-0.4, -0.2) is 68.4 Å². The number of carbonyl (C=O) groups is 1. The molecule has 1 amide bonds. The lowest BCUT2D eigenvalue weighted by Gasteiger charge is -2.34. The topological polar surface area (TPSA) is 98.8 Å². The van der Waals surface area contributed by atoms with Crippen molar-refractivity contribution in [3.05, 3.63) is 87.5 Å². The van der Waals surface area contributed by atoms with Crippen molar-refractivity contribution in [2.75, 3.05) is 33.0 Å². The Balaban J connectivity index is 0.985. The van der Waals surface area contributed by atoms with Crippen molar-refractivity contribution in [3.63, 3.8) is 0 Å². The highest BCUT2D eigenvalue weighted by atomic mass is 35.5. The molecule has 0 radical (unpaired) electrons. The van der Waals surface area contributed by atoms with E-state index in [1.807, 2.05) is 57.3 Å². The van der Waals surface area contributed by atoms with Crippen molar-refractivity contribution in [2.45, 2.75) is 17.5 Å². The molecule has 7 rings (SSSR count). The number of rotatable bonds is 8. The van der Waals surface area contributed by atoms with E-state index in [0.717, 1.165) is 41.8 Å². The highest BCUT2D eigenvalue weighted by molar-refractivity contribution is 7.98. The van der Waals surface area contributed by atoms with E-state index in [-0.39, 0.29) is 12.7 Å². The molecule has 214 valence electrons. The van der Waals surface area contributed by atoms with E-state index in [9.17, 15) is 4.79 Å². The number of furan rings is 1. The van der Waals surface area contributed by atoms with Crippen LogP contribution in [0.4, 0.5) is 0 Å². The second-order valence-corrected chi connectivity index (χ2v) is 12.0. The zero-order chi connectivity index (χ0) is 28.5. The van der Waals surface area contributed by atoms with Crippen LogP contribution in [0.2, 0.25) is 5.02 Å². The van der Waals surface area contributed by atoms with Gasteiger partial charge in [-0.05, 0) is 42.0 Å². The minimum absolute atomic E-state index is 0.0374. The summed E-state index contributed by atoms with van der Waals surface area (Å²) in [4.78, 5) is 22.1. The molecule has 0 spiro atoms. The predicted molar refractivity (Wildman–Crippen MR) is 159 cm³/mol. The van der Waals surface area contributed by atoms with E-state index >= 15 is 0 Å². The Kier molecular flexibility index (Phi) is 7.59. The summed E-state index contributed by atoms with van der Waals surface area (Å²) in [6.45, 7) is 3.97. The van der Waals surface area contributed by atoms with E-state index < -0.39 is 0 Å². The van der Waals surface area contributed by atoms with Gasteiger partial charge in [-0.3, -0.25) is 14.3 Å². The average Bonchev–Trinajstić information content (AvgIpc) is 3.83. The third-order valence-electron chi connectivity index (χ3n) is 7.07. The predicted octanol–water partition coefficient (Wildman–Crippen LogP) is 5.62. The first-order valence-electron chi connectivity index (χ1n) is 13.3. The second kappa shape index (κ2) is 11.8. The SMILES string of the molecule is O=C(c1csc(CSc2nnc(-c3ccco3)n2-c2ccccc2Cl)n1)N1CCN(Cc2ccc3c(c2)OCO3)CC1. The van der Waals surface area contributed by atoms with Crippen LogP contribution >= 0.6 is 34.7 Å². The smallest absolute Gasteiger partial charge is 0.273 e. The molecule has 1 saturated heterocycles. The van der Waals surface area contributed by atoms with Gasteiger partial charge in [-0.25, -0.2) is 4.98 Å². The molecule has 0 N–H and O–H groups in total. The second-order valence-electron chi connectivity index (χ2n) is 9.74. The van der Waals surface area contributed by atoms with E-state index in [4.69, 9.17) is 25.5 Å². The van der Waals surface area contributed by atoms with Gasteiger partial charge < -0.3 is 18.8 Å². The minimum atomic E-state index is -0.0374. The molecule has 13 heteroatoms. The first-order valence-corrected chi connectivity index (χ1v) is 15.6. The van der Waals surface area contributed by atoms with Crippen LogP contribution in [0.3, 0.4) is 0 Å². The lowest BCUT2D eigenvalue weighted by Crippen LogP contribution is -2.48. The average molecular weight is 621 g/mol. The van der Waals surface area contributed by atoms with Crippen molar-refractivity contribution < 1.29 is 18.7 Å². The summed E-state index contributed by atoms with van der Waals surface area (Å²) in [5.41, 5.74) is 2.40. The molecule has 0 aliphatic carbocycles. The third-order valence-corrected chi connectivity index (χ3v) is 9.36. The van der Waals surface area contributed by atoms with Crippen LogP contribution in [0.25, 0.3) is 17.3 Å². The van der Waals surface area contributed by atoms with Crippen LogP contribution in [0.15, 0.2) is 75.8 Å². The zero-order valence-corrected chi connectivity index (χ0v) is 24.7. The number of thiazole rings is 1. The van der Waals surface area contributed by atoms with Gasteiger partial charge in [-0.1, -0.05) is 41.6 Å². The molecule has 1 fully saturated rings. The maximum Gasteiger partial charge on any atom is 0.273 e. The highest BCUT2D eigenvalue weighted by Gasteiger charge is 2.25. The van der Waals surface area contributed by atoms with Gasteiger partial charge >= 0.3 is 0 Å². The van der Waals surface area contributed by atoms with E-state index in [2.05, 4.69) is 26.1 Å². The van der Waals surface area contributed by atoms with Gasteiger partial charge in [0.2, 0.25) is 12.6 Å². The summed E-state index contributed by atoms with van der Waals surface area (Å²) >= 11 is 9.49. The number of piperazine rings is 1. The number of benzene rings is 2. The summed E-state index contributed by atoms with van der Waals surface area (Å²) < 4.78 is 18.4. The Morgan fingerprint density at radius 1 is 1.00 bits per heavy atom. The first-order chi connectivity index (χ1) is 20.6. The number of ether oxygens (including phenoxy) is 2. The number of hydrogen-bond acceptors (Lipinski definition) is 10. The van der Waals surface area contributed by atoms with Crippen molar-refractivity contribution in [1.82, 2.24) is 29.5 Å². The van der Waals surface area contributed by atoms with Crippen molar-refractivity contribution in [1.29, 1.82) is 0 Å². The molecule has 0 bridgehead atoms. The molecule has 2 aliphatic heterocycles. The fourth-order valence-corrected chi connectivity index (χ4v) is 6.90. The molecule has 0 atom stereocenters. The molecule has 10 nitrogen and oxygen atoms in total. The van der Waals surface area contributed by atoms with E-state index in [0.29, 0.717) is 46.3 Å². The summed E-state index contributed by atoms with van der Waals surface area (Å²) in [7, 11) is 0. The van der Waals surface area contributed by atoms with Gasteiger partial charge in [0.05, 0.1) is 22.7 Å². The monoisotopic (exact) mass is 620 g/mol. The number of amides is 1. The van der Waals surface area contributed by atoms with Gasteiger partial charge in [0.1, 0.15) is 10.7 Å². The summed E-state index contributed by atoms with van der Waals surface area (Å²) in [6, 6.07) is 17.2. The molecule has 42 heavy (non-hydrogen) atoms. The van der Waals surface area contributed by atoms with E-state index in [1.165, 1.54) is 28.7 Å². The van der Waals surface area contributed by atoms with Crippen molar-refractivity contribution in [2.24, 2.45) is 0 Å². The number of thioether (sulfide) groups is 1. The molecular weight excluding hydrogens is 596 g/mol. The molecule has 5 aromatic rings. The highest BCUT2D eigenvalue weighted by Crippen LogP contribution is 2.34. The number of hydrogen-bond donors (Lipinski definition) is 0. The van der Waals surface area contributed by atoms with Crippen LogP contribution in [-0.2, 0) is 12.3 Å².